The van der Waals surface area contributed by atoms with Gasteiger partial charge in [0.1, 0.15) is 84.1 Å². The zero-order chi connectivity index (χ0) is 89.5. The average Bonchev–Trinajstić information content (AvgIpc) is 1.62. The van der Waals surface area contributed by atoms with Crippen molar-refractivity contribution < 1.29 is 161 Å². The molecule has 1 aromatic carbocycles. The highest BCUT2D eigenvalue weighted by Crippen LogP contribution is 2.63. The first-order valence-corrected chi connectivity index (χ1v) is 47.3. The van der Waals surface area contributed by atoms with Gasteiger partial charge in [-0.1, -0.05) is 97.9 Å². The van der Waals surface area contributed by atoms with Crippen LogP contribution in [0.4, 0.5) is 11.6 Å². The summed E-state index contributed by atoms with van der Waals surface area (Å²) in [6.07, 6.45) is -3.45. The number of anilines is 2. The third-order valence-corrected chi connectivity index (χ3v) is 26.6. The number of carbonyl (C=O) groups is 6. The summed E-state index contributed by atoms with van der Waals surface area (Å²) in [4.78, 5) is 181. The van der Waals surface area contributed by atoms with Crippen LogP contribution in [0.5, 0.6) is 0 Å². The van der Waals surface area contributed by atoms with Crippen LogP contribution in [0.15, 0.2) is 49.6 Å². The molecule has 5 aromatic rings. The molecule has 8 rings (SSSR count). The summed E-state index contributed by atoms with van der Waals surface area (Å²) in [5.74, 6) is -3.18. The average molecular weight is 1840 g/mol. The minimum absolute atomic E-state index is 0.00629. The number of aryl methyl sites for hydroxylation is 2. The lowest BCUT2D eigenvalue weighted by Crippen LogP contribution is -2.46. The number of imidazole rings is 2. The number of nitrogens with zero attached hydrogens (tertiary/aromatic N) is 8. The van der Waals surface area contributed by atoms with Crippen molar-refractivity contribution >= 4 is 116 Å². The van der Waals surface area contributed by atoms with Crippen LogP contribution in [-0.2, 0) is 114 Å². The van der Waals surface area contributed by atoms with Gasteiger partial charge in [0.2, 0.25) is 23.6 Å². The van der Waals surface area contributed by atoms with E-state index in [1.807, 2.05) is 26.0 Å². The van der Waals surface area contributed by atoms with Crippen molar-refractivity contribution in [3.63, 3.8) is 0 Å². The molecule has 1 aliphatic carbocycles. The summed E-state index contributed by atoms with van der Waals surface area (Å²) in [5.41, 5.74) is 9.80. The van der Waals surface area contributed by atoms with Crippen molar-refractivity contribution in [3.05, 3.63) is 60.7 Å². The van der Waals surface area contributed by atoms with E-state index in [0.717, 1.165) is 111 Å². The highest BCUT2D eigenvalue weighted by atomic mass is 31.3. The highest BCUT2D eigenvalue weighted by molar-refractivity contribution is 7.61. The first-order chi connectivity index (χ1) is 56.3. The largest absolute Gasteiger partial charge is 0.481 e. The summed E-state index contributed by atoms with van der Waals surface area (Å²) >= 11 is 0. The molecule has 48 nitrogen and oxygen atoms in total. The molecule has 14 unspecified atom stereocenters. The number of rotatable bonds is 53. The number of nitrogens with two attached hydrogens (primary N) is 2. The van der Waals surface area contributed by atoms with Gasteiger partial charge in [0, 0.05) is 73.5 Å². The molecule has 3 fully saturated rings. The molecule has 1 saturated carbocycles. The molecule has 20 N–H and O–H groups in total. The number of phosphoric acid groups is 6. The highest BCUT2D eigenvalue weighted by Gasteiger charge is 2.53. The fourth-order valence-corrected chi connectivity index (χ4v) is 19.0. The van der Waals surface area contributed by atoms with Crippen LogP contribution in [-0.4, -0.2) is 235 Å². The molecule has 0 radical (unpaired) electrons. The predicted molar refractivity (Wildman–Crippen MR) is 419 cm³/mol. The molecule has 678 valence electrons. The molecule has 4 aromatic heterocycles. The van der Waals surface area contributed by atoms with E-state index in [4.69, 9.17) is 39.0 Å². The van der Waals surface area contributed by atoms with E-state index in [1.165, 1.54) is 38.8 Å². The lowest BCUT2D eigenvalue weighted by Gasteiger charge is -2.30. The topological polar surface area (TPSA) is 727 Å². The SMILES string of the molecule is CC(C)(CCCCCCc1ccccc1CCCCCC1(C(=O)CCNC(=O)CCNC(=O)C(O)C(C)(C)COP(=O)(O)OP(=O)(O)OCC2OC(n3cnc4c(N)ncnc43)C(O)C2OP(=O)(O)O)CC1)C(=O)CCNC(=O)CCNC(=O)C(O)C(C)(C)COP(=O)(O)OP(=O)(O)OCC1OC(n2cnc3c(N)ncnc32)C(O)C1OP(=O)(O)O. The fraction of sp³-hybridized carbons (Fsp3) is 0.672. The number of ketones is 2. The molecule has 4 amide bonds. The summed E-state index contributed by atoms with van der Waals surface area (Å²) in [6, 6.07) is 8.28. The van der Waals surface area contributed by atoms with Gasteiger partial charge in [-0.25, -0.2) is 57.3 Å². The minimum Gasteiger partial charge on any atom is -0.386 e. The van der Waals surface area contributed by atoms with Gasteiger partial charge in [0.05, 0.1) is 39.1 Å². The van der Waals surface area contributed by atoms with Crippen molar-refractivity contribution in [2.75, 3.05) is 64.1 Å². The molecular weight excluding hydrogens is 1730 g/mol. The molecule has 6 heterocycles. The predicted octanol–water partition coefficient (Wildman–Crippen LogP) is 2.84. The monoisotopic (exact) mass is 1840 g/mol. The van der Waals surface area contributed by atoms with Gasteiger partial charge in [-0.2, -0.15) is 8.62 Å². The number of hydrogen-bond donors (Lipinski definition) is 18. The molecule has 2 aliphatic heterocycles. The zero-order valence-electron chi connectivity index (χ0n) is 66.8. The van der Waals surface area contributed by atoms with E-state index in [1.54, 1.807) is 0 Å². The third-order valence-electron chi connectivity index (χ3n) is 20.4. The third kappa shape index (κ3) is 29.6. The van der Waals surface area contributed by atoms with Crippen LogP contribution in [0.25, 0.3) is 22.3 Å². The molecule has 3 aliphatic rings. The molecule has 0 spiro atoms. The van der Waals surface area contributed by atoms with Gasteiger partial charge in [-0.15, -0.1) is 0 Å². The lowest BCUT2D eigenvalue weighted by molar-refractivity contribution is -0.137. The number of phosphoric ester groups is 6. The number of nitrogen functional groups attached to an aromatic ring is 2. The number of unbranched alkanes of at least 4 members (excludes halogenated alkanes) is 5. The number of Topliss-reactive ketones (excluding diaryl/α,β-unsaturated/α-hetero) is 2. The number of fused-ring (bicyclic) bond motifs is 2. The molecule has 0 bridgehead atoms. The van der Waals surface area contributed by atoms with E-state index in [2.05, 4.69) is 81.0 Å². The van der Waals surface area contributed by atoms with Gasteiger partial charge in [-0.05, 0) is 62.5 Å². The number of nitrogens with one attached hydrogen (secondary N) is 4. The van der Waals surface area contributed by atoms with Gasteiger partial charge in [0.25, 0.3) is 0 Å². The number of amides is 4. The number of hydrogen-bond acceptors (Lipinski definition) is 34. The van der Waals surface area contributed by atoms with Gasteiger partial charge in [-0.3, -0.25) is 65.0 Å². The second-order valence-corrected chi connectivity index (χ2v) is 39.9. The number of aliphatic hydroxyl groups is 4. The molecule has 121 heavy (non-hydrogen) atoms. The Morgan fingerprint density at radius 2 is 0.917 bits per heavy atom. The molecule has 2 saturated heterocycles. The van der Waals surface area contributed by atoms with E-state index in [0.29, 0.717) is 6.42 Å². The zero-order valence-corrected chi connectivity index (χ0v) is 72.2. The van der Waals surface area contributed by atoms with Crippen LogP contribution >= 0.6 is 46.9 Å². The van der Waals surface area contributed by atoms with Crippen molar-refractivity contribution in [1.29, 1.82) is 0 Å². The van der Waals surface area contributed by atoms with Crippen molar-refractivity contribution in [2.45, 2.75) is 212 Å². The molecular formula is C67H106N14O34P6. The number of carbonyl (C=O) groups excluding carboxylic acids is 6. The number of aromatic nitrogens is 8. The van der Waals surface area contributed by atoms with Crippen molar-refractivity contribution in [3.8, 4) is 0 Å². The quantitative estimate of drug-likeness (QED) is 0.0197. The van der Waals surface area contributed by atoms with Gasteiger partial charge in [0.15, 0.2) is 35.4 Å². The number of ether oxygens (including phenoxy) is 2. The minimum atomic E-state index is -5.64. The first-order valence-electron chi connectivity index (χ1n) is 38.3. The Hall–Kier alpha value is -6.36. The summed E-state index contributed by atoms with van der Waals surface area (Å²) in [5, 5.41) is 53.7. The standard InChI is InChI=1S/C67H106N14O34P6/c1-64(2,44(82)20-28-70-46(84)22-30-72-60(90)54(88)65(3,4)34-108-120(102,103)114-118(98,99)106-32-42-52(112-116(92,93)94)50(86)62(110-42)80-38-78-48-56(68)74-36-76-58(48)80)24-14-8-7-10-16-40-18-12-13-19-41(40)17-11-9-15-25-67(26-27-67)45(83)21-29-71-47(85)23-31-73-61(91)55(89)66(5,6)35-109-121(104,105)115-119(100,101)107-33-43-53(113-117(95,96)97)51(87)63(111-43)81-39-79-49-57(69)75-37-77-59(49)81/h12-13,18-19,36-39,42-43,50-55,62-63,86-89H,7-11,14-17,20-35H2,1-6H3,(H,70,84)(H,71,85)(H,72,90)(H,73,91)(H,98,99)(H,100,101)(H,102,103)(H,104,105)(H2,68,74,76)(H2,69,75,77)(H2,92,93,94)(H2,95,96,97). The Kier molecular flexibility index (Phi) is 35.0. The van der Waals surface area contributed by atoms with E-state index >= 15 is 0 Å². The summed E-state index contributed by atoms with van der Waals surface area (Å²) < 4.78 is 126. The number of aliphatic hydroxyl groups excluding tert-OH is 4. The summed E-state index contributed by atoms with van der Waals surface area (Å²) in [6.45, 7) is 4.00. The van der Waals surface area contributed by atoms with E-state index < -0.39 is 180 Å². The maximum absolute atomic E-state index is 13.4. The van der Waals surface area contributed by atoms with Gasteiger partial charge >= 0.3 is 46.9 Å². The first kappa shape index (κ1) is 100. The Morgan fingerprint density at radius 3 is 1.33 bits per heavy atom. The van der Waals surface area contributed by atoms with Crippen LogP contribution in [0.1, 0.15) is 161 Å². The van der Waals surface area contributed by atoms with Crippen molar-refractivity contribution in [1.82, 2.24) is 60.3 Å². The second-order valence-electron chi connectivity index (χ2n) is 31.4. The van der Waals surface area contributed by atoms with Crippen LogP contribution in [0, 0.1) is 21.7 Å². The Bertz CT molecular complexity index is 4740. The Morgan fingerprint density at radius 1 is 0.529 bits per heavy atom. The summed E-state index contributed by atoms with van der Waals surface area (Å²) in [7, 11) is -33.2. The fourth-order valence-electron chi connectivity index (χ4n) is 13.3. The van der Waals surface area contributed by atoms with Crippen LogP contribution in [0.2, 0.25) is 0 Å². The number of benzene rings is 1. The molecule has 54 heteroatoms. The van der Waals surface area contributed by atoms with E-state index in [-0.39, 0.29) is 97.4 Å². The smallest absolute Gasteiger partial charge is 0.386 e. The van der Waals surface area contributed by atoms with E-state index in [9.17, 15) is 116 Å². The Balaban J connectivity index is 0.630. The second kappa shape index (κ2) is 42.3. The Labute approximate surface area is 692 Å². The maximum atomic E-state index is 13.4. The normalized spacial score (nSPS) is 22.1. The molecule has 14 atom stereocenters. The van der Waals surface area contributed by atoms with Crippen LogP contribution in [0.3, 0.4) is 0 Å². The van der Waals surface area contributed by atoms with Crippen molar-refractivity contribution in [2.24, 2.45) is 21.7 Å². The van der Waals surface area contributed by atoms with Crippen LogP contribution < -0.4 is 32.7 Å². The maximum Gasteiger partial charge on any atom is 0.481 e. The lowest BCUT2D eigenvalue weighted by atomic mass is 9.81. The van der Waals surface area contributed by atoms with Gasteiger partial charge < -0.3 is 102 Å².